The molecule has 3 nitrogen and oxygen atoms in total. The van der Waals surface area contributed by atoms with Crippen LogP contribution in [0.1, 0.15) is 23.2 Å². The normalized spacial score (nSPS) is 17.0. The molecule has 24 heavy (non-hydrogen) atoms. The molecule has 2 aromatic rings. The monoisotopic (exact) mass is 359 g/mol. The topological polar surface area (TPSA) is 38.3 Å². The molecule has 0 aliphatic carbocycles. The van der Waals surface area contributed by atoms with E-state index in [0.717, 1.165) is 46.2 Å². The zero-order valence-electron chi connectivity index (χ0n) is 13.7. The first-order chi connectivity index (χ1) is 11.8. The second kappa shape index (κ2) is 8.60. The predicted octanol–water partition coefficient (Wildman–Crippen LogP) is 4.93. The van der Waals surface area contributed by atoms with Crippen molar-refractivity contribution >= 4 is 35.1 Å². The van der Waals surface area contributed by atoms with Crippen molar-refractivity contribution in [2.75, 3.05) is 23.9 Å². The molecule has 1 atom stereocenters. The molecule has 0 saturated carbocycles. The Morgan fingerprint density at radius 2 is 1.92 bits per heavy atom. The van der Waals surface area contributed by atoms with Crippen molar-refractivity contribution in [1.29, 1.82) is 0 Å². The number of nitrogens with one attached hydrogen (secondary N) is 1. The van der Waals surface area contributed by atoms with Crippen LogP contribution in [0.25, 0.3) is 0 Å². The Morgan fingerprint density at radius 1 is 1.17 bits per heavy atom. The molecule has 1 saturated heterocycles. The van der Waals surface area contributed by atoms with E-state index >= 15 is 0 Å². The maximum absolute atomic E-state index is 12.7. The van der Waals surface area contributed by atoms with Crippen molar-refractivity contribution in [3.8, 4) is 0 Å². The summed E-state index contributed by atoms with van der Waals surface area (Å²) in [6.45, 7) is 0.860. The van der Waals surface area contributed by atoms with Crippen LogP contribution >= 0.6 is 23.5 Å². The van der Waals surface area contributed by atoms with Gasteiger partial charge in [0.1, 0.15) is 0 Å². The fourth-order valence-corrected chi connectivity index (χ4v) is 4.35. The molecular formula is C19H21NO2S2. The van der Waals surface area contributed by atoms with Gasteiger partial charge < -0.3 is 10.1 Å². The van der Waals surface area contributed by atoms with E-state index in [4.69, 9.17) is 4.74 Å². The van der Waals surface area contributed by atoms with Gasteiger partial charge in [-0.3, -0.25) is 4.79 Å². The van der Waals surface area contributed by atoms with Crippen molar-refractivity contribution < 1.29 is 9.53 Å². The lowest BCUT2D eigenvalue weighted by Gasteiger charge is -2.13. The van der Waals surface area contributed by atoms with Crippen molar-refractivity contribution in [3.63, 3.8) is 0 Å². The predicted molar refractivity (Wildman–Crippen MR) is 102 cm³/mol. The molecule has 1 amide bonds. The first-order valence-corrected chi connectivity index (χ1v) is 10.3. The van der Waals surface area contributed by atoms with Crippen LogP contribution in [0.2, 0.25) is 0 Å². The summed E-state index contributed by atoms with van der Waals surface area (Å²) >= 11 is 3.33. The van der Waals surface area contributed by atoms with E-state index in [-0.39, 0.29) is 5.91 Å². The minimum atomic E-state index is -0.0630. The smallest absolute Gasteiger partial charge is 0.256 e. The molecule has 2 aromatic carbocycles. The van der Waals surface area contributed by atoms with Crippen molar-refractivity contribution in [1.82, 2.24) is 0 Å². The summed E-state index contributed by atoms with van der Waals surface area (Å²) in [5.74, 6) is 0.832. The molecule has 5 heteroatoms. The summed E-state index contributed by atoms with van der Waals surface area (Å²) in [4.78, 5) is 14.8. The molecule has 1 fully saturated rings. The summed E-state index contributed by atoms with van der Waals surface area (Å²) in [6, 6.07) is 15.6. The zero-order chi connectivity index (χ0) is 16.8. The lowest BCUT2D eigenvalue weighted by molar-refractivity contribution is 0.102. The van der Waals surface area contributed by atoms with E-state index in [0.29, 0.717) is 6.10 Å². The highest BCUT2D eigenvalue weighted by Crippen LogP contribution is 2.29. The Bertz CT molecular complexity index is 699. The number of carbonyl (C=O) groups is 1. The van der Waals surface area contributed by atoms with Gasteiger partial charge in [0.05, 0.1) is 17.4 Å². The Balaban J connectivity index is 1.72. The van der Waals surface area contributed by atoms with Gasteiger partial charge in [-0.25, -0.2) is 0 Å². The van der Waals surface area contributed by atoms with Gasteiger partial charge >= 0.3 is 0 Å². The number of thioether (sulfide) groups is 2. The maximum atomic E-state index is 12.7. The minimum Gasteiger partial charge on any atom is -0.377 e. The van der Waals surface area contributed by atoms with Crippen LogP contribution < -0.4 is 5.32 Å². The van der Waals surface area contributed by atoms with Crippen molar-refractivity contribution in [2.45, 2.75) is 28.7 Å². The molecule has 1 aliphatic rings. The van der Waals surface area contributed by atoms with E-state index in [1.54, 1.807) is 23.5 Å². The average molecular weight is 360 g/mol. The summed E-state index contributed by atoms with van der Waals surface area (Å²) in [6.07, 6.45) is 4.57. The van der Waals surface area contributed by atoms with Crippen LogP contribution in [0.4, 0.5) is 5.69 Å². The third-order valence-corrected chi connectivity index (χ3v) is 5.94. The molecule has 1 aliphatic heterocycles. The standard InChI is InChI=1S/C19H21NO2S2/c1-23-18-11-5-3-9-16(18)20-19(21)15-8-2-4-10-17(15)24-13-14-7-6-12-22-14/h2-5,8-11,14H,6-7,12-13H2,1H3,(H,20,21). The lowest BCUT2D eigenvalue weighted by atomic mass is 10.2. The highest BCUT2D eigenvalue weighted by molar-refractivity contribution is 7.99. The van der Waals surface area contributed by atoms with Gasteiger partial charge in [-0.2, -0.15) is 0 Å². The highest BCUT2D eigenvalue weighted by atomic mass is 32.2. The number of anilines is 1. The second-order valence-electron chi connectivity index (χ2n) is 5.60. The maximum Gasteiger partial charge on any atom is 0.256 e. The largest absolute Gasteiger partial charge is 0.377 e. The highest BCUT2D eigenvalue weighted by Gasteiger charge is 2.18. The summed E-state index contributed by atoms with van der Waals surface area (Å²) < 4.78 is 5.68. The Kier molecular flexibility index (Phi) is 6.24. The summed E-state index contributed by atoms with van der Waals surface area (Å²) in [5.41, 5.74) is 1.57. The molecule has 3 rings (SSSR count). The quantitative estimate of drug-likeness (QED) is 0.742. The molecule has 0 bridgehead atoms. The number of hydrogen-bond acceptors (Lipinski definition) is 4. The molecule has 0 radical (unpaired) electrons. The number of benzene rings is 2. The van der Waals surface area contributed by atoms with Crippen LogP contribution in [-0.4, -0.2) is 30.6 Å². The number of carbonyl (C=O) groups excluding carboxylic acids is 1. The van der Waals surface area contributed by atoms with E-state index in [9.17, 15) is 4.79 Å². The number of amides is 1. The SMILES string of the molecule is CSc1ccccc1NC(=O)c1ccccc1SCC1CCCO1. The Labute approximate surface area is 151 Å². The van der Waals surface area contributed by atoms with Gasteiger partial charge in [0.25, 0.3) is 5.91 Å². The third-order valence-electron chi connectivity index (χ3n) is 3.94. The van der Waals surface area contributed by atoms with E-state index in [1.807, 2.05) is 54.8 Å². The number of para-hydroxylation sites is 1. The Hall–Kier alpha value is -1.43. The van der Waals surface area contributed by atoms with Crippen LogP contribution in [-0.2, 0) is 4.74 Å². The number of rotatable bonds is 6. The molecule has 126 valence electrons. The first-order valence-electron chi connectivity index (χ1n) is 8.05. The van der Waals surface area contributed by atoms with E-state index < -0.39 is 0 Å². The van der Waals surface area contributed by atoms with E-state index in [1.165, 1.54) is 0 Å². The van der Waals surface area contributed by atoms with Gasteiger partial charge in [0.15, 0.2) is 0 Å². The van der Waals surface area contributed by atoms with Gasteiger partial charge in [-0.15, -0.1) is 23.5 Å². The fraction of sp³-hybridized carbons (Fsp3) is 0.316. The average Bonchev–Trinajstić information content (AvgIpc) is 3.14. The molecule has 0 spiro atoms. The van der Waals surface area contributed by atoms with Gasteiger partial charge in [0, 0.05) is 22.2 Å². The Morgan fingerprint density at radius 3 is 2.67 bits per heavy atom. The van der Waals surface area contributed by atoms with Gasteiger partial charge in [0.2, 0.25) is 0 Å². The zero-order valence-corrected chi connectivity index (χ0v) is 15.3. The number of hydrogen-bond donors (Lipinski definition) is 1. The molecule has 0 aromatic heterocycles. The minimum absolute atomic E-state index is 0.0630. The first kappa shape index (κ1) is 17.4. The third kappa shape index (κ3) is 4.35. The fourth-order valence-electron chi connectivity index (χ4n) is 2.68. The van der Waals surface area contributed by atoms with Crippen molar-refractivity contribution in [3.05, 3.63) is 54.1 Å². The van der Waals surface area contributed by atoms with Crippen LogP contribution in [0.3, 0.4) is 0 Å². The second-order valence-corrected chi connectivity index (χ2v) is 7.51. The van der Waals surface area contributed by atoms with Gasteiger partial charge in [-0.05, 0) is 43.4 Å². The summed E-state index contributed by atoms with van der Waals surface area (Å²) in [7, 11) is 0. The lowest BCUT2D eigenvalue weighted by Crippen LogP contribution is -2.14. The van der Waals surface area contributed by atoms with E-state index in [2.05, 4.69) is 5.32 Å². The van der Waals surface area contributed by atoms with Crippen LogP contribution in [0, 0.1) is 0 Å². The molecule has 1 N–H and O–H groups in total. The summed E-state index contributed by atoms with van der Waals surface area (Å²) in [5, 5.41) is 3.04. The molecule has 1 unspecified atom stereocenters. The molecular weight excluding hydrogens is 338 g/mol. The van der Waals surface area contributed by atoms with Crippen molar-refractivity contribution in [2.24, 2.45) is 0 Å². The number of ether oxygens (including phenoxy) is 1. The molecule has 1 heterocycles. The van der Waals surface area contributed by atoms with Gasteiger partial charge in [-0.1, -0.05) is 24.3 Å². The van der Waals surface area contributed by atoms with Crippen LogP contribution in [0.5, 0.6) is 0 Å². The van der Waals surface area contributed by atoms with Crippen LogP contribution in [0.15, 0.2) is 58.3 Å².